The van der Waals surface area contributed by atoms with E-state index in [2.05, 4.69) is 35.1 Å². The van der Waals surface area contributed by atoms with Gasteiger partial charge in [-0.1, -0.05) is 6.08 Å². The fourth-order valence-corrected chi connectivity index (χ4v) is 3.17. The van der Waals surface area contributed by atoms with Gasteiger partial charge in [-0.05, 0) is 31.0 Å². The lowest BCUT2D eigenvalue weighted by Gasteiger charge is -2.26. The minimum absolute atomic E-state index is 0.553. The first-order chi connectivity index (χ1) is 13.7. The van der Waals surface area contributed by atoms with Crippen LogP contribution in [0, 0.1) is 0 Å². The molecule has 0 spiro atoms. The topological polar surface area (TPSA) is 67.4 Å². The monoisotopic (exact) mass is 390 g/mol. The van der Waals surface area contributed by atoms with Crippen LogP contribution >= 0.6 is 0 Å². The molecule has 0 atom stereocenters. The van der Waals surface area contributed by atoms with Crippen LogP contribution in [0.3, 0.4) is 0 Å². The Balaban J connectivity index is 2.01. The highest BCUT2D eigenvalue weighted by Gasteiger charge is 2.12. The normalized spacial score (nSPS) is 15.2. The largest absolute Gasteiger partial charge is 0.493 e. The predicted molar refractivity (Wildman–Crippen MR) is 114 cm³/mol. The third-order valence-corrected chi connectivity index (χ3v) is 4.57. The molecule has 156 valence electrons. The van der Waals surface area contributed by atoms with Crippen molar-refractivity contribution in [1.29, 1.82) is 0 Å². The summed E-state index contributed by atoms with van der Waals surface area (Å²) >= 11 is 0. The first-order valence-corrected chi connectivity index (χ1v) is 9.88. The van der Waals surface area contributed by atoms with E-state index in [-0.39, 0.29) is 0 Å². The molecule has 1 aromatic rings. The van der Waals surface area contributed by atoms with Crippen LogP contribution in [0.25, 0.3) is 0 Å². The lowest BCUT2D eigenvalue weighted by molar-refractivity contribution is 0.0389. The molecule has 0 unspecified atom stereocenters. The maximum absolute atomic E-state index is 5.50. The summed E-state index contributed by atoms with van der Waals surface area (Å²) in [6, 6.07) is 4.08. The molecule has 1 saturated heterocycles. The molecule has 0 amide bonds. The molecule has 7 nitrogen and oxygen atoms in total. The number of hydrogen-bond acceptors (Lipinski definition) is 5. The van der Waals surface area contributed by atoms with Crippen molar-refractivity contribution in [3.63, 3.8) is 0 Å². The number of methoxy groups -OCH3 is 2. The molecular formula is C21H34N4O3. The van der Waals surface area contributed by atoms with E-state index in [0.29, 0.717) is 6.54 Å². The number of hydrogen-bond donors (Lipinski definition) is 2. The molecule has 1 aliphatic rings. The SMILES string of the molecule is C=CCc1cc(CN=C(NCC)NCCN2CCOCC2)cc(OC)c1OC. The quantitative estimate of drug-likeness (QED) is 0.361. The van der Waals surface area contributed by atoms with Crippen LogP contribution in [0.1, 0.15) is 18.1 Å². The van der Waals surface area contributed by atoms with E-state index < -0.39 is 0 Å². The van der Waals surface area contributed by atoms with Gasteiger partial charge in [0, 0.05) is 38.3 Å². The van der Waals surface area contributed by atoms with Crippen LogP contribution < -0.4 is 20.1 Å². The number of benzene rings is 1. The summed E-state index contributed by atoms with van der Waals surface area (Å²) in [5.41, 5.74) is 2.12. The highest BCUT2D eigenvalue weighted by molar-refractivity contribution is 5.79. The first kappa shape index (κ1) is 22.0. The number of morpholine rings is 1. The Labute approximate surface area is 168 Å². The maximum Gasteiger partial charge on any atom is 0.191 e. The molecule has 0 aromatic heterocycles. The number of rotatable bonds is 10. The third kappa shape index (κ3) is 6.73. The molecule has 1 aromatic carbocycles. The molecule has 1 heterocycles. The Hall–Kier alpha value is -2.25. The van der Waals surface area contributed by atoms with Crippen molar-refractivity contribution < 1.29 is 14.2 Å². The molecule has 0 bridgehead atoms. The Morgan fingerprint density at radius 1 is 1.25 bits per heavy atom. The summed E-state index contributed by atoms with van der Waals surface area (Å²) < 4.78 is 16.4. The number of allylic oxidation sites excluding steroid dienone is 1. The highest BCUT2D eigenvalue weighted by Crippen LogP contribution is 2.33. The van der Waals surface area contributed by atoms with Gasteiger partial charge in [0.15, 0.2) is 17.5 Å². The number of aliphatic imine (C=N–C) groups is 1. The molecule has 1 aliphatic heterocycles. The van der Waals surface area contributed by atoms with Crippen molar-refractivity contribution in [3.05, 3.63) is 35.9 Å². The Morgan fingerprint density at radius 2 is 2.04 bits per heavy atom. The lowest BCUT2D eigenvalue weighted by Crippen LogP contribution is -2.44. The van der Waals surface area contributed by atoms with Gasteiger partial charge in [-0.25, -0.2) is 4.99 Å². The number of guanidine groups is 1. The van der Waals surface area contributed by atoms with Gasteiger partial charge < -0.3 is 24.8 Å². The minimum Gasteiger partial charge on any atom is -0.493 e. The van der Waals surface area contributed by atoms with E-state index in [1.807, 2.05) is 12.1 Å². The second kappa shape index (κ2) is 12.3. The van der Waals surface area contributed by atoms with E-state index >= 15 is 0 Å². The smallest absolute Gasteiger partial charge is 0.191 e. The molecular weight excluding hydrogens is 356 g/mol. The van der Waals surface area contributed by atoms with Gasteiger partial charge in [0.2, 0.25) is 0 Å². The maximum atomic E-state index is 5.50. The van der Waals surface area contributed by atoms with Crippen molar-refractivity contribution in [2.75, 3.05) is 60.2 Å². The minimum atomic E-state index is 0.553. The number of nitrogens with one attached hydrogen (secondary N) is 2. The second-order valence-corrected chi connectivity index (χ2v) is 6.56. The lowest BCUT2D eigenvalue weighted by atomic mass is 10.1. The van der Waals surface area contributed by atoms with E-state index in [1.54, 1.807) is 14.2 Å². The van der Waals surface area contributed by atoms with Gasteiger partial charge in [-0.2, -0.15) is 0 Å². The van der Waals surface area contributed by atoms with Crippen LogP contribution in [0.5, 0.6) is 11.5 Å². The standard InChI is InChI=1S/C21H34N4O3/c1-5-7-18-14-17(15-19(26-3)20(18)27-4)16-24-21(22-6-2)23-8-9-25-10-12-28-13-11-25/h5,14-15H,1,6-13,16H2,2-4H3,(H2,22,23,24). The number of ether oxygens (including phenoxy) is 3. The van der Waals surface area contributed by atoms with Crippen molar-refractivity contribution >= 4 is 5.96 Å². The van der Waals surface area contributed by atoms with Crippen molar-refractivity contribution in [2.24, 2.45) is 4.99 Å². The van der Waals surface area contributed by atoms with Crippen LogP contribution in [-0.4, -0.2) is 71.0 Å². The van der Waals surface area contributed by atoms with Crippen LogP contribution in [0.2, 0.25) is 0 Å². The summed E-state index contributed by atoms with van der Waals surface area (Å²) in [7, 11) is 3.31. The van der Waals surface area contributed by atoms with Gasteiger partial charge >= 0.3 is 0 Å². The zero-order valence-electron chi connectivity index (χ0n) is 17.4. The Kier molecular flexibility index (Phi) is 9.65. The molecule has 2 rings (SSSR count). The van der Waals surface area contributed by atoms with Crippen molar-refractivity contribution in [1.82, 2.24) is 15.5 Å². The zero-order valence-corrected chi connectivity index (χ0v) is 17.4. The zero-order chi connectivity index (χ0) is 20.2. The summed E-state index contributed by atoms with van der Waals surface area (Å²) in [5.74, 6) is 2.29. The van der Waals surface area contributed by atoms with Gasteiger partial charge in [0.05, 0.1) is 34.0 Å². The summed E-state index contributed by atoms with van der Waals surface area (Å²) in [5, 5.41) is 6.72. The third-order valence-electron chi connectivity index (χ3n) is 4.57. The van der Waals surface area contributed by atoms with E-state index in [4.69, 9.17) is 19.2 Å². The van der Waals surface area contributed by atoms with Crippen LogP contribution in [-0.2, 0) is 17.7 Å². The molecule has 0 saturated carbocycles. The molecule has 0 aliphatic carbocycles. The fourth-order valence-electron chi connectivity index (χ4n) is 3.17. The van der Waals surface area contributed by atoms with E-state index in [9.17, 15) is 0 Å². The first-order valence-electron chi connectivity index (χ1n) is 9.88. The van der Waals surface area contributed by atoms with E-state index in [0.717, 1.165) is 80.9 Å². The molecule has 1 fully saturated rings. The summed E-state index contributed by atoms with van der Waals surface area (Å²) in [6.45, 7) is 12.7. The van der Waals surface area contributed by atoms with Crippen molar-refractivity contribution in [2.45, 2.75) is 19.9 Å². The molecule has 7 heteroatoms. The molecule has 0 radical (unpaired) electrons. The average molecular weight is 391 g/mol. The van der Waals surface area contributed by atoms with Gasteiger partial charge in [0.1, 0.15) is 0 Å². The molecule has 28 heavy (non-hydrogen) atoms. The second-order valence-electron chi connectivity index (χ2n) is 6.56. The van der Waals surface area contributed by atoms with Gasteiger partial charge in [0.25, 0.3) is 0 Å². The summed E-state index contributed by atoms with van der Waals surface area (Å²) in [4.78, 5) is 7.13. The van der Waals surface area contributed by atoms with Gasteiger partial charge in [-0.3, -0.25) is 4.90 Å². The Bertz CT molecular complexity index is 643. The molecule has 2 N–H and O–H groups in total. The number of nitrogens with zero attached hydrogens (tertiary/aromatic N) is 2. The fraction of sp³-hybridized carbons (Fsp3) is 0.571. The average Bonchev–Trinajstić information content (AvgIpc) is 2.72. The van der Waals surface area contributed by atoms with E-state index in [1.165, 1.54) is 0 Å². The van der Waals surface area contributed by atoms with Crippen LogP contribution in [0.4, 0.5) is 0 Å². The van der Waals surface area contributed by atoms with Crippen LogP contribution in [0.15, 0.2) is 29.8 Å². The van der Waals surface area contributed by atoms with Gasteiger partial charge in [-0.15, -0.1) is 6.58 Å². The Morgan fingerprint density at radius 3 is 2.68 bits per heavy atom. The van der Waals surface area contributed by atoms with Crippen molar-refractivity contribution in [3.8, 4) is 11.5 Å². The summed E-state index contributed by atoms with van der Waals surface area (Å²) in [6.07, 6.45) is 2.58. The highest BCUT2D eigenvalue weighted by atomic mass is 16.5. The predicted octanol–water partition coefficient (Wildman–Crippen LogP) is 1.82.